The number of amides is 1. The number of para-hydroxylation sites is 1. The highest BCUT2D eigenvalue weighted by atomic mass is 35.5. The minimum absolute atomic E-state index is 0.0482. The van der Waals surface area contributed by atoms with Crippen LogP contribution in [0.5, 0.6) is 0 Å². The van der Waals surface area contributed by atoms with E-state index < -0.39 is 22.2 Å². The molecule has 2 atom stereocenters. The van der Waals surface area contributed by atoms with Crippen LogP contribution in [-0.2, 0) is 26.0 Å². The van der Waals surface area contributed by atoms with Crippen molar-refractivity contribution in [3.8, 4) is 0 Å². The van der Waals surface area contributed by atoms with Crippen molar-refractivity contribution in [1.82, 2.24) is 19.9 Å². The lowest BCUT2D eigenvalue weighted by Crippen LogP contribution is -2.47. The standard InChI is InChI=1S/C25H29ClN4O3S.C2HF3O2/c1-16-14-21-20-4-2-3-5-22(20)28-24(21)25(30(16)23(31)15-26)17-6-8-19(9-7-17)34(32,33)29-18-10-12-27-13-11-18;3-2(4,5)1(6)7/h2-9,16,18,25,27-29H,10-15H2,1H3;(H,6,7)/t16-,25+;/m0./s1. The maximum absolute atomic E-state index is 13.0. The molecule has 0 spiro atoms. The minimum Gasteiger partial charge on any atom is -0.475 e. The maximum atomic E-state index is 13.0. The first-order chi connectivity index (χ1) is 19.3. The van der Waals surface area contributed by atoms with Crippen LogP contribution in [0.2, 0.25) is 0 Å². The van der Waals surface area contributed by atoms with Crippen molar-refractivity contribution in [2.45, 2.75) is 55.4 Å². The Morgan fingerprint density at radius 1 is 1.10 bits per heavy atom. The topological polar surface area (TPSA) is 132 Å². The van der Waals surface area contributed by atoms with Gasteiger partial charge in [0.2, 0.25) is 15.9 Å². The molecule has 5 rings (SSSR count). The summed E-state index contributed by atoms with van der Waals surface area (Å²) < 4.78 is 60.5. The molecule has 1 aromatic heterocycles. The molecule has 3 heterocycles. The number of piperidine rings is 1. The summed E-state index contributed by atoms with van der Waals surface area (Å²) in [7, 11) is -3.62. The second kappa shape index (κ2) is 12.4. The number of aromatic nitrogens is 1. The molecule has 0 radical (unpaired) electrons. The quantitative estimate of drug-likeness (QED) is 0.322. The molecule has 3 aromatic rings. The molecular formula is C27H30ClF3N4O5S. The smallest absolute Gasteiger partial charge is 0.475 e. The molecule has 0 saturated carbocycles. The van der Waals surface area contributed by atoms with Crippen LogP contribution in [0.15, 0.2) is 53.4 Å². The van der Waals surface area contributed by atoms with Crippen LogP contribution in [0.4, 0.5) is 13.2 Å². The normalized spacial score (nSPS) is 19.8. The summed E-state index contributed by atoms with van der Waals surface area (Å²) in [6, 6.07) is 14.5. The molecule has 14 heteroatoms. The van der Waals surface area contributed by atoms with E-state index in [4.69, 9.17) is 21.5 Å². The predicted octanol–water partition coefficient (Wildman–Crippen LogP) is 3.93. The van der Waals surface area contributed by atoms with Crippen molar-refractivity contribution in [1.29, 1.82) is 0 Å². The fourth-order valence-electron chi connectivity index (χ4n) is 5.30. The Balaban J connectivity index is 0.000000493. The number of hydrogen-bond acceptors (Lipinski definition) is 5. The number of alkyl halides is 4. The molecule has 2 aliphatic rings. The van der Waals surface area contributed by atoms with Gasteiger partial charge in [-0.3, -0.25) is 4.79 Å². The van der Waals surface area contributed by atoms with E-state index in [-0.39, 0.29) is 34.8 Å². The second-order valence-electron chi connectivity index (χ2n) is 9.97. The fourth-order valence-corrected chi connectivity index (χ4v) is 6.75. The summed E-state index contributed by atoms with van der Waals surface area (Å²) in [5, 5.41) is 11.5. The SMILES string of the molecule is C[C@H]1Cc2c([nH]c3ccccc23)[C@@H](c2ccc(S(=O)(=O)NC3CCNCC3)cc2)N1C(=O)CCl.O=C(O)C(F)(F)F. The summed E-state index contributed by atoms with van der Waals surface area (Å²) in [5.41, 5.74) is 4.02. The highest BCUT2D eigenvalue weighted by Gasteiger charge is 2.39. The van der Waals surface area contributed by atoms with Gasteiger partial charge in [0, 0.05) is 28.7 Å². The molecule has 1 fully saturated rings. The highest BCUT2D eigenvalue weighted by Crippen LogP contribution is 2.41. The first-order valence-corrected chi connectivity index (χ1v) is 14.9. The van der Waals surface area contributed by atoms with E-state index in [0.29, 0.717) is 0 Å². The molecule has 41 heavy (non-hydrogen) atoms. The number of fused-ring (bicyclic) bond motifs is 3. The van der Waals surface area contributed by atoms with Crippen LogP contribution in [-0.4, -0.2) is 72.5 Å². The van der Waals surface area contributed by atoms with Gasteiger partial charge < -0.3 is 20.3 Å². The predicted molar refractivity (Wildman–Crippen MR) is 147 cm³/mol. The number of benzene rings is 2. The molecule has 1 saturated heterocycles. The van der Waals surface area contributed by atoms with Crippen molar-refractivity contribution < 1.29 is 36.3 Å². The first-order valence-electron chi connectivity index (χ1n) is 12.9. The number of carboxylic acid groups (broad SMARTS) is 1. The Labute approximate surface area is 240 Å². The summed E-state index contributed by atoms with van der Waals surface area (Å²) in [6.07, 6.45) is -2.81. The second-order valence-corrected chi connectivity index (χ2v) is 12.0. The van der Waals surface area contributed by atoms with Gasteiger partial charge in [-0.1, -0.05) is 30.3 Å². The number of hydrogen-bond donors (Lipinski definition) is 4. The number of halogens is 4. The number of rotatable bonds is 5. The molecule has 0 aliphatic carbocycles. The first kappa shape index (κ1) is 30.8. The third-order valence-electron chi connectivity index (χ3n) is 7.18. The van der Waals surface area contributed by atoms with E-state index in [1.807, 2.05) is 42.2 Å². The van der Waals surface area contributed by atoms with Crippen LogP contribution in [0.1, 0.15) is 42.6 Å². The Hall–Kier alpha value is -3.13. The molecule has 4 N–H and O–H groups in total. The summed E-state index contributed by atoms with van der Waals surface area (Å²) in [6.45, 7) is 3.65. The van der Waals surface area contributed by atoms with E-state index in [1.165, 1.54) is 5.56 Å². The molecule has 222 valence electrons. The zero-order chi connectivity index (χ0) is 29.9. The zero-order valence-electron chi connectivity index (χ0n) is 22.0. The van der Waals surface area contributed by atoms with Gasteiger partial charge in [-0.25, -0.2) is 17.9 Å². The van der Waals surface area contributed by atoms with Crippen molar-refractivity contribution in [2.75, 3.05) is 19.0 Å². The van der Waals surface area contributed by atoms with Crippen molar-refractivity contribution in [3.05, 3.63) is 65.4 Å². The lowest BCUT2D eigenvalue weighted by molar-refractivity contribution is -0.192. The van der Waals surface area contributed by atoms with Crippen molar-refractivity contribution >= 4 is 44.4 Å². The van der Waals surface area contributed by atoms with Crippen molar-refractivity contribution in [3.63, 3.8) is 0 Å². The van der Waals surface area contributed by atoms with Gasteiger partial charge in [0.15, 0.2) is 0 Å². The number of sulfonamides is 1. The van der Waals surface area contributed by atoms with Crippen LogP contribution in [0, 0.1) is 0 Å². The van der Waals surface area contributed by atoms with Crippen LogP contribution in [0.3, 0.4) is 0 Å². The zero-order valence-corrected chi connectivity index (χ0v) is 23.6. The number of nitrogens with one attached hydrogen (secondary N) is 3. The molecule has 0 unspecified atom stereocenters. The third kappa shape index (κ3) is 6.85. The van der Waals surface area contributed by atoms with E-state index >= 15 is 0 Å². The third-order valence-corrected chi connectivity index (χ3v) is 8.95. The molecule has 1 amide bonds. The molecule has 9 nitrogen and oxygen atoms in total. The lowest BCUT2D eigenvalue weighted by Gasteiger charge is -2.40. The lowest BCUT2D eigenvalue weighted by atomic mass is 9.88. The molecule has 2 aromatic carbocycles. The van der Waals surface area contributed by atoms with Gasteiger partial charge in [-0.15, -0.1) is 11.6 Å². The van der Waals surface area contributed by atoms with Crippen LogP contribution in [0.25, 0.3) is 10.9 Å². The van der Waals surface area contributed by atoms with Gasteiger partial charge in [-0.05, 0) is 68.6 Å². The van der Waals surface area contributed by atoms with E-state index in [0.717, 1.165) is 54.5 Å². The monoisotopic (exact) mass is 614 g/mol. The van der Waals surface area contributed by atoms with Crippen LogP contribution < -0.4 is 10.0 Å². The molecular weight excluding hydrogens is 585 g/mol. The average molecular weight is 615 g/mol. The Morgan fingerprint density at radius 2 is 1.71 bits per heavy atom. The Kier molecular flexibility index (Phi) is 9.32. The number of carbonyl (C=O) groups is 2. The molecule has 2 aliphatic heterocycles. The van der Waals surface area contributed by atoms with E-state index in [1.54, 1.807) is 12.1 Å². The van der Waals surface area contributed by atoms with E-state index in [2.05, 4.69) is 21.1 Å². The summed E-state index contributed by atoms with van der Waals surface area (Å²) >= 11 is 5.99. The molecule has 0 bridgehead atoms. The van der Waals surface area contributed by atoms with Gasteiger partial charge in [0.05, 0.1) is 10.9 Å². The Bertz CT molecular complexity index is 1510. The van der Waals surface area contributed by atoms with E-state index in [9.17, 15) is 26.4 Å². The summed E-state index contributed by atoms with van der Waals surface area (Å²) in [4.78, 5) is 27.4. The number of nitrogens with zero attached hydrogens (tertiary/aromatic N) is 1. The maximum Gasteiger partial charge on any atom is 0.490 e. The van der Waals surface area contributed by atoms with Gasteiger partial charge in [-0.2, -0.15) is 13.2 Å². The average Bonchev–Trinajstić information content (AvgIpc) is 3.30. The Morgan fingerprint density at radius 3 is 2.29 bits per heavy atom. The van der Waals surface area contributed by atoms with Gasteiger partial charge in [0.1, 0.15) is 5.88 Å². The number of aromatic amines is 1. The number of carboxylic acids is 1. The highest BCUT2D eigenvalue weighted by molar-refractivity contribution is 7.89. The van der Waals surface area contributed by atoms with Gasteiger partial charge in [0.25, 0.3) is 0 Å². The largest absolute Gasteiger partial charge is 0.490 e. The van der Waals surface area contributed by atoms with Crippen molar-refractivity contribution in [2.24, 2.45) is 0 Å². The van der Waals surface area contributed by atoms with Crippen LogP contribution >= 0.6 is 11.6 Å². The minimum atomic E-state index is -5.08. The van der Waals surface area contributed by atoms with Gasteiger partial charge >= 0.3 is 12.1 Å². The number of carbonyl (C=O) groups excluding carboxylic acids is 1. The number of aliphatic carboxylic acids is 1. The number of H-pyrrole nitrogens is 1. The fraction of sp³-hybridized carbons (Fsp3) is 0.407. The summed E-state index contributed by atoms with van der Waals surface area (Å²) in [5.74, 6) is -3.01.